The smallest absolute Gasteiger partial charge is 0.406 e. The summed E-state index contributed by atoms with van der Waals surface area (Å²) in [4.78, 5) is 0. The molecule has 2 aromatic heterocycles. The highest BCUT2D eigenvalue weighted by atomic mass is 79.9. The maximum atomic E-state index is 12.3. The highest BCUT2D eigenvalue weighted by molar-refractivity contribution is 9.10. The van der Waals surface area contributed by atoms with E-state index in [4.69, 9.17) is 0 Å². The maximum absolute atomic E-state index is 12.3. The number of hydrogen-bond donors (Lipinski definition) is 0. The molecule has 0 fully saturated rings. The van der Waals surface area contributed by atoms with Crippen LogP contribution in [0, 0.1) is 0 Å². The standard InChI is InChI=1S/C13H7BrF3N3O/c14-9-4-5-11-18-19-12(20(11)7-9)8-2-1-3-10(6-8)21-13(15,16)17/h1-7H. The van der Waals surface area contributed by atoms with E-state index in [2.05, 4.69) is 30.9 Å². The zero-order chi connectivity index (χ0) is 15.0. The first kappa shape index (κ1) is 13.9. The lowest BCUT2D eigenvalue weighted by molar-refractivity contribution is -0.274. The molecule has 0 aliphatic rings. The largest absolute Gasteiger partial charge is 0.573 e. The molecule has 0 N–H and O–H groups in total. The van der Waals surface area contributed by atoms with Crippen LogP contribution in [-0.2, 0) is 0 Å². The first-order valence-corrected chi connectivity index (χ1v) is 6.58. The van der Waals surface area contributed by atoms with Gasteiger partial charge in [0.05, 0.1) is 0 Å². The van der Waals surface area contributed by atoms with E-state index in [1.165, 1.54) is 18.2 Å². The quantitative estimate of drug-likeness (QED) is 0.694. The Hall–Kier alpha value is -2.09. The predicted molar refractivity (Wildman–Crippen MR) is 72.8 cm³/mol. The van der Waals surface area contributed by atoms with Crippen LogP contribution in [0.15, 0.2) is 47.1 Å². The third-order valence-corrected chi connectivity index (χ3v) is 3.16. The number of fused-ring (bicyclic) bond motifs is 1. The number of benzene rings is 1. The third-order valence-electron chi connectivity index (χ3n) is 2.69. The summed E-state index contributed by atoms with van der Waals surface area (Å²) in [6.07, 6.45) is -2.99. The van der Waals surface area contributed by atoms with Crippen molar-refractivity contribution < 1.29 is 17.9 Å². The van der Waals surface area contributed by atoms with E-state index >= 15 is 0 Å². The monoisotopic (exact) mass is 357 g/mol. The topological polar surface area (TPSA) is 39.4 Å². The lowest BCUT2D eigenvalue weighted by Gasteiger charge is -2.09. The molecule has 0 saturated heterocycles. The number of hydrogen-bond acceptors (Lipinski definition) is 3. The number of alkyl halides is 3. The third kappa shape index (κ3) is 2.99. The van der Waals surface area contributed by atoms with Crippen LogP contribution in [0.4, 0.5) is 13.2 Å². The van der Waals surface area contributed by atoms with Crippen molar-refractivity contribution in [2.75, 3.05) is 0 Å². The van der Waals surface area contributed by atoms with Gasteiger partial charge in [0, 0.05) is 16.2 Å². The molecule has 0 spiro atoms. The van der Waals surface area contributed by atoms with E-state index in [0.29, 0.717) is 17.0 Å². The Morgan fingerprint density at radius 3 is 2.67 bits per heavy atom. The molecule has 0 aliphatic heterocycles. The van der Waals surface area contributed by atoms with Crippen LogP contribution in [0.3, 0.4) is 0 Å². The van der Waals surface area contributed by atoms with Gasteiger partial charge in [-0.25, -0.2) is 0 Å². The molecule has 21 heavy (non-hydrogen) atoms. The second-order valence-corrected chi connectivity index (χ2v) is 5.09. The Morgan fingerprint density at radius 2 is 1.90 bits per heavy atom. The summed E-state index contributed by atoms with van der Waals surface area (Å²) in [5.41, 5.74) is 1.07. The van der Waals surface area contributed by atoms with E-state index in [1.807, 2.05) is 0 Å². The SMILES string of the molecule is FC(F)(F)Oc1cccc(-c2nnc3ccc(Br)cn23)c1. The molecule has 2 heterocycles. The van der Waals surface area contributed by atoms with Crippen LogP contribution in [0.2, 0.25) is 0 Å². The minimum atomic E-state index is -4.73. The fourth-order valence-electron chi connectivity index (χ4n) is 1.89. The van der Waals surface area contributed by atoms with Gasteiger partial charge in [-0.2, -0.15) is 0 Å². The summed E-state index contributed by atoms with van der Waals surface area (Å²) in [6.45, 7) is 0. The fraction of sp³-hybridized carbons (Fsp3) is 0.0769. The van der Waals surface area contributed by atoms with Crippen molar-refractivity contribution in [3.05, 3.63) is 47.1 Å². The number of rotatable bonds is 2. The van der Waals surface area contributed by atoms with Crippen LogP contribution in [0.1, 0.15) is 0 Å². The number of aromatic nitrogens is 3. The van der Waals surface area contributed by atoms with Crippen LogP contribution in [0.5, 0.6) is 5.75 Å². The van der Waals surface area contributed by atoms with E-state index in [9.17, 15) is 13.2 Å². The molecule has 8 heteroatoms. The lowest BCUT2D eigenvalue weighted by atomic mass is 10.2. The summed E-state index contributed by atoms with van der Waals surface area (Å²) in [7, 11) is 0. The van der Waals surface area contributed by atoms with Gasteiger partial charge in [0.2, 0.25) is 0 Å². The Balaban J connectivity index is 2.06. The molecule has 3 rings (SSSR count). The van der Waals surface area contributed by atoms with Crippen molar-refractivity contribution >= 4 is 21.6 Å². The second-order valence-electron chi connectivity index (χ2n) is 4.17. The van der Waals surface area contributed by atoms with Crippen LogP contribution >= 0.6 is 15.9 Å². The first-order chi connectivity index (χ1) is 9.92. The first-order valence-electron chi connectivity index (χ1n) is 5.79. The molecule has 3 aromatic rings. The number of pyridine rings is 1. The highest BCUT2D eigenvalue weighted by Gasteiger charge is 2.31. The average Bonchev–Trinajstić information content (AvgIpc) is 2.80. The Morgan fingerprint density at radius 1 is 1.10 bits per heavy atom. The maximum Gasteiger partial charge on any atom is 0.573 e. The molecular formula is C13H7BrF3N3O. The molecule has 0 bridgehead atoms. The molecule has 0 atom stereocenters. The minimum absolute atomic E-state index is 0.299. The van der Waals surface area contributed by atoms with Gasteiger partial charge in [-0.1, -0.05) is 12.1 Å². The van der Waals surface area contributed by atoms with Crippen molar-refractivity contribution in [3.8, 4) is 17.1 Å². The van der Waals surface area contributed by atoms with Gasteiger partial charge in [0.1, 0.15) is 5.75 Å². The Bertz CT molecular complexity index is 801. The van der Waals surface area contributed by atoms with Crippen molar-refractivity contribution in [1.82, 2.24) is 14.6 Å². The van der Waals surface area contributed by atoms with Gasteiger partial charge in [-0.15, -0.1) is 23.4 Å². The number of halogens is 4. The van der Waals surface area contributed by atoms with Crippen molar-refractivity contribution in [3.63, 3.8) is 0 Å². The van der Waals surface area contributed by atoms with Crippen LogP contribution in [-0.4, -0.2) is 21.0 Å². The van der Waals surface area contributed by atoms with Gasteiger partial charge in [0.15, 0.2) is 11.5 Å². The van der Waals surface area contributed by atoms with E-state index in [1.54, 1.807) is 28.8 Å². The summed E-state index contributed by atoms with van der Waals surface area (Å²) in [6, 6.07) is 9.16. The average molecular weight is 358 g/mol. The zero-order valence-electron chi connectivity index (χ0n) is 10.3. The Labute approximate surface area is 125 Å². The minimum Gasteiger partial charge on any atom is -0.406 e. The van der Waals surface area contributed by atoms with Gasteiger partial charge in [-0.3, -0.25) is 4.40 Å². The van der Waals surface area contributed by atoms with Crippen LogP contribution in [0.25, 0.3) is 17.0 Å². The molecule has 1 aromatic carbocycles. The normalized spacial score (nSPS) is 11.8. The van der Waals surface area contributed by atoms with Crippen molar-refractivity contribution in [1.29, 1.82) is 0 Å². The molecule has 0 amide bonds. The summed E-state index contributed by atoms with van der Waals surface area (Å²) >= 11 is 3.33. The molecule has 108 valence electrons. The molecular weight excluding hydrogens is 351 g/mol. The summed E-state index contributed by atoms with van der Waals surface area (Å²) in [5, 5.41) is 7.97. The second kappa shape index (κ2) is 5.03. The van der Waals surface area contributed by atoms with E-state index < -0.39 is 6.36 Å². The Kier molecular flexibility index (Phi) is 3.32. The van der Waals surface area contributed by atoms with Crippen LogP contribution < -0.4 is 4.74 Å². The number of ether oxygens (including phenoxy) is 1. The molecule has 4 nitrogen and oxygen atoms in total. The molecule has 0 unspecified atom stereocenters. The molecule has 0 aliphatic carbocycles. The van der Waals surface area contributed by atoms with E-state index in [0.717, 1.165) is 4.47 Å². The lowest BCUT2D eigenvalue weighted by Crippen LogP contribution is -2.17. The fourth-order valence-corrected chi connectivity index (χ4v) is 2.23. The number of nitrogens with zero attached hydrogens (tertiary/aromatic N) is 3. The van der Waals surface area contributed by atoms with Gasteiger partial charge in [-0.05, 0) is 40.2 Å². The van der Waals surface area contributed by atoms with E-state index in [-0.39, 0.29) is 5.75 Å². The van der Waals surface area contributed by atoms with Gasteiger partial charge >= 0.3 is 6.36 Å². The van der Waals surface area contributed by atoms with Gasteiger partial charge in [0.25, 0.3) is 0 Å². The predicted octanol–water partition coefficient (Wildman–Crippen LogP) is 4.06. The molecule has 0 saturated carbocycles. The van der Waals surface area contributed by atoms with Gasteiger partial charge < -0.3 is 4.74 Å². The van der Waals surface area contributed by atoms with Crippen molar-refractivity contribution in [2.45, 2.75) is 6.36 Å². The van der Waals surface area contributed by atoms with Crippen molar-refractivity contribution in [2.24, 2.45) is 0 Å². The zero-order valence-corrected chi connectivity index (χ0v) is 11.9. The highest BCUT2D eigenvalue weighted by Crippen LogP contribution is 2.27. The summed E-state index contributed by atoms with van der Waals surface area (Å²) < 4.78 is 43.2. The summed E-state index contributed by atoms with van der Waals surface area (Å²) in [5.74, 6) is 0.130. The molecule has 0 radical (unpaired) electrons.